The van der Waals surface area contributed by atoms with Crippen LogP contribution in [0, 0.1) is 5.82 Å². The average molecular weight is 434 g/mol. The van der Waals surface area contributed by atoms with E-state index in [2.05, 4.69) is 36.3 Å². The van der Waals surface area contributed by atoms with Gasteiger partial charge in [-0.1, -0.05) is 23.2 Å². The van der Waals surface area contributed by atoms with Crippen LogP contribution in [0.4, 0.5) is 10.1 Å². The van der Waals surface area contributed by atoms with Gasteiger partial charge in [0.2, 0.25) is 11.7 Å². The summed E-state index contributed by atoms with van der Waals surface area (Å²) in [5, 5.41) is 26.1. The van der Waals surface area contributed by atoms with Crippen molar-refractivity contribution in [2.45, 2.75) is 6.54 Å². The highest BCUT2D eigenvalue weighted by Crippen LogP contribution is 2.26. The number of hydrogen-bond donors (Lipinski definition) is 1. The first-order chi connectivity index (χ1) is 14.0. The third-order valence-electron chi connectivity index (χ3n) is 3.74. The van der Waals surface area contributed by atoms with Crippen LogP contribution in [-0.4, -0.2) is 46.3 Å². The molecule has 146 valence electrons. The Morgan fingerprint density at radius 3 is 2.76 bits per heavy atom. The molecule has 0 bridgehead atoms. The maximum atomic E-state index is 13.2. The molecule has 13 heteroatoms. The fourth-order valence-electron chi connectivity index (χ4n) is 2.48. The molecule has 2 heterocycles. The molecule has 2 aromatic carbocycles. The molecule has 4 rings (SSSR count). The van der Waals surface area contributed by atoms with E-state index in [0.717, 1.165) is 10.9 Å². The third kappa shape index (κ3) is 4.20. The summed E-state index contributed by atoms with van der Waals surface area (Å²) in [6.45, 7) is -0.213. The van der Waals surface area contributed by atoms with Crippen molar-refractivity contribution in [1.29, 1.82) is 0 Å². The molecular formula is C16H10Cl2FN9O. The second-order valence-electron chi connectivity index (χ2n) is 5.74. The lowest BCUT2D eigenvalue weighted by molar-refractivity contribution is -0.117. The first-order valence-electron chi connectivity index (χ1n) is 8.05. The van der Waals surface area contributed by atoms with Gasteiger partial charge in [0.1, 0.15) is 18.7 Å². The number of aromatic nitrogens is 8. The second-order valence-corrected chi connectivity index (χ2v) is 6.58. The lowest BCUT2D eigenvalue weighted by Gasteiger charge is -2.06. The highest BCUT2D eigenvalue weighted by atomic mass is 35.5. The minimum atomic E-state index is -0.575. The Bertz CT molecular complexity index is 1180. The Morgan fingerprint density at radius 1 is 1.14 bits per heavy atom. The summed E-state index contributed by atoms with van der Waals surface area (Å²) < 4.78 is 14.6. The molecule has 0 saturated heterocycles. The summed E-state index contributed by atoms with van der Waals surface area (Å²) in [4.78, 5) is 13.3. The van der Waals surface area contributed by atoms with Crippen molar-refractivity contribution in [3.8, 4) is 17.1 Å². The number of carbonyl (C=O) groups excluding carboxylic acids is 1. The van der Waals surface area contributed by atoms with Crippen molar-refractivity contribution in [1.82, 2.24) is 40.4 Å². The lowest BCUT2D eigenvalue weighted by atomic mass is 10.1. The minimum Gasteiger partial charge on any atom is -0.324 e. The Balaban J connectivity index is 1.53. The van der Waals surface area contributed by atoms with E-state index >= 15 is 0 Å². The molecule has 2 aromatic heterocycles. The van der Waals surface area contributed by atoms with Crippen LogP contribution in [0.3, 0.4) is 0 Å². The molecule has 1 N–H and O–H groups in total. The predicted octanol–water partition coefficient (Wildman–Crippen LogP) is 2.40. The number of anilines is 1. The van der Waals surface area contributed by atoms with Crippen LogP contribution in [0.15, 0.2) is 42.7 Å². The van der Waals surface area contributed by atoms with E-state index in [1.54, 1.807) is 18.2 Å². The van der Waals surface area contributed by atoms with Crippen molar-refractivity contribution in [3.63, 3.8) is 0 Å². The quantitative estimate of drug-likeness (QED) is 0.513. The highest BCUT2D eigenvalue weighted by Gasteiger charge is 2.15. The summed E-state index contributed by atoms with van der Waals surface area (Å²) in [7, 11) is 0. The van der Waals surface area contributed by atoms with E-state index in [1.165, 1.54) is 23.1 Å². The molecule has 0 unspecified atom stereocenters. The van der Waals surface area contributed by atoms with Gasteiger partial charge in [0.15, 0.2) is 0 Å². The molecule has 0 aliphatic rings. The number of nitrogens with zero attached hydrogens (tertiary/aromatic N) is 8. The molecule has 0 atom stereocenters. The normalized spacial score (nSPS) is 10.9. The first-order valence-corrected chi connectivity index (χ1v) is 8.81. The number of hydrogen-bond acceptors (Lipinski definition) is 7. The van der Waals surface area contributed by atoms with E-state index in [-0.39, 0.29) is 17.4 Å². The molecule has 0 spiro atoms. The Hall–Kier alpha value is -3.44. The predicted molar refractivity (Wildman–Crippen MR) is 101 cm³/mol. The molecule has 0 fully saturated rings. The van der Waals surface area contributed by atoms with Gasteiger partial charge in [-0.3, -0.25) is 4.79 Å². The number of nitrogens with one attached hydrogen (secondary N) is 1. The van der Waals surface area contributed by atoms with Gasteiger partial charge in [-0.15, -0.1) is 15.3 Å². The van der Waals surface area contributed by atoms with Crippen molar-refractivity contribution in [3.05, 3.63) is 58.6 Å². The van der Waals surface area contributed by atoms with Gasteiger partial charge in [-0.2, -0.15) is 9.48 Å². The van der Waals surface area contributed by atoms with Gasteiger partial charge in [0.25, 0.3) is 0 Å². The zero-order valence-corrected chi connectivity index (χ0v) is 15.9. The number of carbonyl (C=O) groups is 1. The Morgan fingerprint density at radius 2 is 2.00 bits per heavy atom. The van der Waals surface area contributed by atoms with E-state index < -0.39 is 11.7 Å². The number of tetrazole rings is 2. The fraction of sp³-hybridized carbons (Fsp3) is 0.0625. The van der Waals surface area contributed by atoms with Gasteiger partial charge < -0.3 is 5.32 Å². The van der Waals surface area contributed by atoms with E-state index in [0.29, 0.717) is 22.0 Å². The van der Waals surface area contributed by atoms with Crippen LogP contribution < -0.4 is 5.32 Å². The molecule has 1 amide bonds. The maximum absolute atomic E-state index is 13.2. The SMILES string of the molecule is O=C(Cn1nnc(-c2ccc(Cl)cc2-n2cnnn2)n1)Nc1ccc(F)c(Cl)c1. The van der Waals surface area contributed by atoms with E-state index in [4.69, 9.17) is 23.2 Å². The van der Waals surface area contributed by atoms with Crippen LogP contribution in [0.2, 0.25) is 10.0 Å². The van der Waals surface area contributed by atoms with Gasteiger partial charge in [0, 0.05) is 16.3 Å². The summed E-state index contributed by atoms with van der Waals surface area (Å²) in [6, 6.07) is 8.87. The molecule has 4 aromatic rings. The standard InChI is InChI=1S/C16H10Cl2FN9O/c17-9-1-3-11(14(5-9)27-8-20-24-26-27)16-22-25-28(23-16)7-15(29)21-10-2-4-13(19)12(18)6-10/h1-6,8H,7H2,(H,21,29). The molecule has 0 saturated carbocycles. The monoisotopic (exact) mass is 433 g/mol. The molecule has 0 aliphatic heterocycles. The van der Waals surface area contributed by atoms with Crippen LogP contribution >= 0.6 is 23.2 Å². The van der Waals surface area contributed by atoms with Crippen LogP contribution in [0.5, 0.6) is 0 Å². The summed E-state index contributed by atoms with van der Waals surface area (Å²) >= 11 is 11.8. The average Bonchev–Trinajstić information content (AvgIpc) is 3.37. The highest BCUT2D eigenvalue weighted by molar-refractivity contribution is 6.31. The van der Waals surface area contributed by atoms with Gasteiger partial charge in [-0.25, -0.2) is 4.39 Å². The van der Waals surface area contributed by atoms with Crippen molar-refractivity contribution < 1.29 is 9.18 Å². The first kappa shape index (κ1) is 18.9. The smallest absolute Gasteiger partial charge is 0.248 e. The summed E-state index contributed by atoms with van der Waals surface area (Å²) in [5.74, 6) is -0.758. The van der Waals surface area contributed by atoms with Crippen LogP contribution in [-0.2, 0) is 11.3 Å². The fourth-order valence-corrected chi connectivity index (χ4v) is 2.82. The van der Waals surface area contributed by atoms with Crippen molar-refractivity contribution in [2.24, 2.45) is 0 Å². The Kier molecular flexibility index (Phi) is 5.14. The molecular weight excluding hydrogens is 424 g/mol. The minimum absolute atomic E-state index is 0.0955. The molecule has 10 nitrogen and oxygen atoms in total. The molecule has 0 aliphatic carbocycles. The van der Waals surface area contributed by atoms with Gasteiger partial charge in [0.05, 0.1) is 10.7 Å². The topological polar surface area (TPSA) is 116 Å². The Labute approximate surface area is 172 Å². The molecule has 0 radical (unpaired) electrons. The summed E-state index contributed by atoms with van der Waals surface area (Å²) in [5.41, 5.74) is 1.46. The zero-order chi connectivity index (χ0) is 20.4. The number of benzene rings is 2. The summed E-state index contributed by atoms with van der Waals surface area (Å²) in [6.07, 6.45) is 1.40. The maximum Gasteiger partial charge on any atom is 0.248 e. The van der Waals surface area contributed by atoms with E-state index in [9.17, 15) is 9.18 Å². The number of halogens is 3. The molecule has 29 heavy (non-hydrogen) atoms. The van der Waals surface area contributed by atoms with E-state index in [1.807, 2.05) is 0 Å². The lowest BCUT2D eigenvalue weighted by Crippen LogP contribution is -2.20. The van der Waals surface area contributed by atoms with Gasteiger partial charge >= 0.3 is 0 Å². The zero-order valence-electron chi connectivity index (χ0n) is 14.4. The number of rotatable bonds is 5. The largest absolute Gasteiger partial charge is 0.324 e. The van der Waals surface area contributed by atoms with Crippen molar-refractivity contribution in [2.75, 3.05) is 5.32 Å². The van der Waals surface area contributed by atoms with Gasteiger partial charge in [-0.05, 0) is 52.0 Å². The second kappa shape index (κ2) is 7.89. The van der Waals surface area contributed by atoms with Crippen LogP contribution in [0.25, 0.3) is 17.1 Å². The van der Waals surface area contributed by atoms with Crippen molar-refractivity contribution >= 4 is 34.8 Å². The number of amides is 1. The van der Waals surface area contributed by atoms with Crippen LogP contribution in [0.1, 0.15) is 0 Å². The third-order valence-corrected chi connectivity index (χ3v) is 4.26.